The standard InChI is InChI=1S/C10H16O4/c1-4-13-9(11)7-5-8(6(2)3)14-10(7)12/h6-8H,4-5H2,1-3H3. The predicted molar refractivity (Wildman–Crippen MR) is 49.5 cm³/mol. The van der Waals surface area contributed by atoms with Gasteiger partial charge in [0.1, 0.15) is 6.10 Å². The summed E-state index contributed by atoms with van der Waals surface area (Å²) in [5, 5.41) is 0. The van der Waals surface area contributed by atoms with Crippen LogP contribution in [-0.2, 0) is 19.1 Å². The van der Waals surface area contributed by atoms with Gasteiger partial charge in [-0.25, -0.2) is 0 Å². The molecule has 1 fully saturated rings. The Morgan fingerprint density at radius 3 is 2.71 bits per heavy atom. The highest BCUT2D eigenvalue weighted by molar-refractivity contribution is 5.96. The number of cyclic esters (lactones) is 1. The van der Waals surface area contributed by atoms with Crippen molar-refractivity contribution in [3.05, 3.63) is 0 Å². The van der Waals surface area contributed by atoms with E-state index in [-0.39, 0.29) is 12.0 Å². The minimum atomic E-state index is -0.706. The molecule has 0 spiro atoms. The minimum absolute atomic E-state index is 0.142. The van der Waals surface area contributed by atoms with E-state index in [1.54, 1.807) is 6.92 Å². The maximum absolute atomic E-state index is 11.3. The monoisotopic (exact) mass is 200 g/mol. The first-order valence-electron chi connectivity index (χ1n) is 4.93. The van der Waals surface area contributed by atoms with Crippen molar-refractivity contribution in [2.45, 2.75) is 33.3 Å². The average molecular weight is 200 g/mol. The van der Waals surface area contributed by atoms with Crippen molar-refractivity contribution in [1.29, 1.82) is 0 Å². The Morgan fingerprint density at radius 2 is 2.29 bits per heavy atom. The number of carbonyl (C=O) groups is 2. The van der Waals surface area contributed by atoms with E-state index < -0.39 is 17.9 Å². The topological polar surface area (TPSA) is 52.6 Å². The SMILES string of the molecule is CCOC(=O)C1CC(C(C)C)OC1=O. The predicted octanol–water partition coefficient (Wildman–Crippen LogP) is 1.14. The summed E-state index contributed by atoms with van der Waals surface area (Å²) in [7, 11) is 0. The summed E-state index contributed by atoms with van der Waals surface area (Å²) in [6, 6.07) is 0. The van der Waals surface area contributed by atoms with Gasteiger partial charge in [-0.1, -0.05) is 13.8 Å². The van der Waals surface area contributed by atoms with Crippen LogP contribution in [0.1, 0.15) is 27.2 Å². The molecule has 4 heteroatoms. The van der Waals surface area contributed by atoms with Gasteiger partial charge in [0.05, 0.1) is 6.61 Å². The molecule has 1 saturated heterocycles. The molecule has 0 aromatic carbocycles. The molecule has 14 heavy (non-hydrogen) atoms. The number of carbonyl (C=O) groups excluding carboxylic acids is 2. The molecular formula is C10H16O4. The number of ether oxygens (including phenoxy) is 2. The summed E-state index contributed by atoms with van der Waals surface area (Å²) < 4.78 is 9.85. The number of hydrogen-bond donors (Lipinski definition) is 0. The Balaban J connectivity index is 2.56. The summed E-state index contributed by atoms with van der Waals surface area (Å²) in [6.07, 6.45) is 0.312. The molecule has 1 aliphatic heterocycles. The van der Waals surface area contributed by atoms with Crippen molar-refractivity contribution in [3.8, 4) is 0 Å². The second-order valence-corrected chi connectivity index (χ2v) is 3.76. The van der Waals surface area contributed by atoms with Crippen LogP contribution in [0, 0.1) is 11.8 Å². The van der Waals surface area contributed by atoms with Gasteiger partial charge in [-0.05, 0) is 12.8 Å². The maximum Gasteiger partial charge on any atom is 0.320 e. The van der Waals surface area contributed by atoms with Gasteiger partial charge in [0.15, 0.2) is 5.92 Å². The third kappa shape index (κ3) is 2.25. The number of esters is 2. The lowest BCUT2D eigenvalue weighted by Crippen LogP contribution is -2.21. The quantitative estimate of drug-likeness (QED) is 0.506. The van der Waals surface area contributed by atoms with Gasteiger partial charge < -0.3 is 9.47 Å². The van der Waals surface area contributed by atoms with Crippen LogP contribution in [0.25, 0.3) is 0 Å². The molecule has 1 heterocycles. The molecule has 2 unspecified atom stereocenters. The van der Waals surface area contributed by atoms with Gasteiger partial charge in [-0.3, -0.25) is 9.59 Å². The van der Waals surface area contributed by atoms with E-state index in [1.807, 2.05) is 13.8 Å². The molecule has 80 valence electrons. The zero-order chi connectivity index (χ0) is 10.7. The van der Waals surface area contributed by atoms with E-state index in [0.717, 1.165) is 0 Å². The molecule has 0 amide bonds. The lowest BCUT2D eigenvalue weighted by Gasteiger charge is -2.11. The van der Waals surface area contributed by atoms with Crippen LogP contribution >= 0.6 is 0 Å². The molecule has 0 aromatic heterocycles. The Hall–Kier alpha value is -1.06. The van der Waals surface area contributed by atoms with Crippen LogP contribution in [0.3, 0.4) is 0 Å². The molecule has 0 N–H and O–H groups in total. The molecule has 0 aromatic rings. The molecule has 1 aliphatic rings. The van der Waals surface area contributed by atoms with E-state index >= 15 is 0 Å². The van der Waals surface area contributed by atoms with Crippen molar-refractivity contribution >= 4 is 11.9 Å². The number of hydrogen-bond acceptors (Lipinski definition) is 4. The van der Waals surface area contributed by atoms with Gasteiger partial charge in [-0.2, -0.15) is 0 Å². The molecule has 2 atom stereocenters. The average Bonchev–Trinajstić information content (AvgIpc) is 2.48. The van der Waals surface area contributed by atoms with Crippen molar-refractivity contribution in [1.82, 2.24) is 0 Å². The van der Waals surface area contributed by atoms with Crippen molar-refractivity contribution in [2.75, 3.05) is 6.61 Å². The van der Waals surface area contributed by atoms with Gasteiger partial charge >= 0.3 is 11.9 Å². The highest BCUT2D eigenvalue weighted by Gasteiger charge is 2.41. The fourth-order valence-electron chi connectivity index (χ4n) is 1.45. The van der Waals surface area contributed by atoms with E-state index in [4.69, 9.17) is 9.47 Å². The van der Waals surface area contributed by atoms with Crippen LogP contribution in [0.2, 0.25) is 0 Å². The molecule has 0 radical (unpaired) electrons. The normalized spacial score (nSPS) is 26.4. The summed E-state index contributed by atoms with van der Waals surface area (Å²) in [4.78, 5) is 22.6. The second kappa shape index (κ2) is 4.44. The lowest BCUT2D eigenvalue weighted by molar-refractivity contribution is -0.156. The molecule has 0 saturated carbocycles. The zero-order valence-corrected chi connectivity index (χ0v) is 8.78. The summed E-state index contributed by atoms with van der Waals surface area (Å²) in [5.41, 5.74) is 0. The largest absolute Gasteiger partial charge is 0.465 e. The van der Waals surface area contributed by atoms with Crippen molar-refractivity contribution in [2.24, 2.45) is 11.8 Å². The first-order valence-corrected chi connectivity index (χ1v) is 4.93. The van der Waals surface area contributed by atoms with Crippen molar-refractivity contribution in [3.63, 3.8) is 0 Å². The highest BCUT2D eigenvalue weighted by atomic mass is 16.6. The minimum Gasteiger partial charge on any atom is -0.465 e. The molecular weight excluding hydrogens is 184 g/mol. The summed E-state index contributed by atoms with van der Waals surface area (Å²) in [5.74, 6) is -1.36. The van der Waals surface area contributed by atoms with Crippen LogP contribution in [0.5, 0.6) is 0 Å². The van der Waals surface area contributed by atoms with Crippen LogP contribution < -0.4 is 0 Å². The third-order valence-corrected chi connectivity index (χ3v) is 2.33. The van der Waals surface area contributed by atoms with Gasteiger partial charge in [0.25, 0.3) is 0 Å². The molecule has 0 aliphatic carbocycles. The molecule has 0 bridgehead atoms. The van der Waals surface area contributed by atoms with E-state index in [1.165, 1.54) is 0 Å². The fraction of sp³-hybridized carbons (Fsp3) is 0.800. The third-order valence-electron chi connectivity index (χ3n) is 2.33. The fourth-order valence-corrected chi connectivity index (χ4v) is 1.45. The second-order valence-electron chi connectivity index (χ2n) is 3.76. The van der Waals surface area contributed by atoms with Gasteiger partial charge in [-0.15, -0.1) is 0 Å². The first kappa shape index (κ1) is 11.0. The molecule has 4 nitrogen and oxygen atoms in total. The highest BCUT2D eigenvalue weighted by Crippen LogP contribution is 2.27. The van der Waals surface area contributed by atoms with Gasteiger partial charge in [0.2, 0.25) is 0 Å². The Labute approximate surface area is 83.6 Å². The smallest absolute Gasteiger partial charge is 0.320 e. The van der Waals surface area contributed by atoms with Crippen LogP contribution in [-0.4, -0.2) is 24.6 Å². The van der Waals surface area contributed by atoms with E-state index in [2.05, 4.69) is 0 Å². The Morgan fingerprint density at radius 1 is 1.64 bits per heavy atom. The van der Waals surface area contributed by atoms with E-state index in [9.17, 15) is 9.59 Å². The maximum atomic E-state index is 11.3. The van der Waals surface area contributed by atoms with Crippen LogP contribution in [0.15, 0.2) is 0 Å². The van der Waals surface area contributed by atoms with Crippen LogP contribution in [0.4, 0.5) is 0 Å². The van der Waals surface area contributed by atoms with Crippen molar-refractivity contribution < 1.29 is 19.1 Å². The molecule has 1 rings (SSSR count). The summed E-state index contributed by atoms with van der Waals surface area (Å²) >= 11 is 0. The lowest BCUT2D eigenvalue weighted by atomic mass is 9.98. The Kier molecular flexibility index (Phi) is 3.49. The Bertz CT molecular complexity index is 234. The first-order chi connectivity index (χ1) is 6.56. The van der Waals surface area contributed by atoms with E-state index in [0.29, 0.717) is 13.0 Å². The number of rotatable bonds is 3. The van der Waals surface area contributed by atoms with Gasteiger partial charge in [0, 0.05) is 6.42 Å². The zero-order valence-electron chi connectivity index (χ0n) is 8.78. The summed E-state index contributed by atoms with van der Waals surface area (Å²) in [6.45, 7) is 5.95.